The van der Waals surface area contributed by atoms with Gasteiger partial charge in [0, 0.05) is 6.04 Å². The molecule has 1 heterocycles. The van der Waals surface area contributed by atoms with Crippen LogP contribution in [0.2, 0.25) is 5.02 Å². The first-order chi connectivity index (χ1) is 7.77. The van der Waals surface area contributed by atoms with Crippen LogP contribution in [0.15, 0.2) is 30.4 Å². The number of fused-ring (bicyclic) bond motifs is 1. The van der Waals surface area contributed by atoms with E-state index < -0.39 is 0 Å². The molecule has 0 atom stereocenters. The van der Waals surface area contributed by atoms with Gasteiger partial charge >= 0.3 is 0 Å². The van der Waals surface area contributed by atoms with Crippen LogP contribution < -0.4 is 0 Å². The lowest BCUT2D eigenvalue weighted by Crippen LogP contribution is -2.05. The molecule has 3 rings (SSSR count). The van der Waals surface area contributed by atoms with Gasteiger partial charge < -0.3 is 9.55 Å². The van der Waals surface area contributed by atoms with Crippen LogP contribution in [-0.2, 0) is 0 Å². The minimum Gasteiger partial charge on any atom is -0.331 e. The zero-order valence-corrected chi connectivity index (χ0v) is 10.2. The molecule has 1 aliphatic rings. The Morgan fingerprint density at radius 2 is 2.06 bits per heavy atom. The number of benzene rings is 1. The average Bonchev–Trinajstić information content (AvgIpc) is 2.84. The number of aromatic amines is 1. The molecule has 16 heavy (non-hydrogen) atoms. The van der Waals surface area contributed by atoms with Gasteiger partial charge in [-0.15, -0.1) is 0 Å². The summed E-state index contributed by atoms with van der Waals surface area (Å²) in [6, 6.07) is 6.27. The van der Waals surface area contributed by atoms with E-state index in [9.17, 15) is 0 Å². The lowest BCUT2D eigenvalue weighted by Gasteiger charge is -2.13. The van der Waals surface area contributed by atoms with Gasteiger partial charge in [-0.25, -0.2) is 0 Å². The van der Waals surface area contributed by atoms with E-state index in [-0.39, 0.29) is 0 Å². The fourth-order valence-corrected chi connectivity index (χ4v) is 2.92. The normalized spacial score (nSPS) is 16.3. The molecule has 0 radical (unpaired) electrons. The fraction of sp³-hybridized carbons (Fsp3) is 0.250. The minimum absolute atomic E-state index is 0.418. The largest absolute Gasteiger partial charge is 0.331 e. The standard InChI is InChI=1S/C12H11ClN2S/c13-9-6-3-7-10-11(9)15(12(16)14-10)8-4-1-2-5-8/h1-3,6-8H,4-5H2,(H,14,16). The summed E-state index contributed by atoms with van der Waals surface area (Å²) in [5.74, 6) is 0. The highest BCUT2D eigenvalue weighted by Crippen LogP contribution is 2.31. The average molecular weight is 251 g/mol. The smallest absolute Gasteiger partial charge is 0.178 e. The number of nitrogens with one attached hydrogen (secondary N) is 1. The molecule has 2 aromatic rings. The maximum absolute atomic E-state index is 6.25. The monoisotopic (exact) mass is 250 g/mol. The second kappa shape index (κ2) is 3.75. The van der Waals surface area contributed by atoms with Crippen LogP contribution in [0.5, 0.6) is 0 Å². The predicted octanol–water partition coefficient (Wildman–Crippen LogP) is 4.24. The van der Waals surface area contributed by atoms with E-state index >= 15 is 0 Å². The highest BCUT2D eigenvalue weighted by molar-refractivity contribution is 7.71. The maximum Gasteiger partial charge on any atom is 0.178 e. The van der Waals surface area contributed by atoms with Crippen LogP contribution in [0, 0.1) is 4.77 Å². The zero-order valence-electron chi connectivity index (χ0n) is 8.61. The molecule has 4 heteroatoms. The summed E-state index contributed by atoms with van der Waals surface area (Å²) >= 11 is 11.6. The Hall–Kier alpha value is -1.06. The Kier molecular flexibility index (Phi) is 2.37. The Morgan fingerprint density at radius 1 is 1.31 bits per heavy atom. The third-order valence-corrected chi connectivity index (χ3v) is 3.64. The first kappa shape index (κ1) is 10.1. The second-order valence-corrected chi connectivity index (χ2v) is 4.83. The quantitative estimate of drug-likeness (QED) is 0.593. The zero-order chi connectivity index (χ0) is 11.1. The number of aromatic nitrogens is 2. The minimum atomic E-state index is 0.418. The van der Waals surface area contributed by atoms with Crippen molar-refractivity contribution >= 4 is 34.9 Å². The van der Waals surface area contributed by atoms with E-state index in [4.69, 9.17) is 23.8 Å². The molecule has 1 aromatic carbocycles. The number of para-hydroxylation sites is 1. The highest BCUT2D eigenvalue weighted by Gasteiger charge is 2.17. The number of halogens is 1. The highest BCUT2D eigenvalue weighted by atomic mass is 35.5. The van der Waals surface area contributed by atoms with Crippen molar-refractivity contribution in [3.8, 4) is 0 Å². The van der Waals surface area contributed by atoms with E-state index in [1.165, 1.54) is 0 Å². The van der Waals surface area contributed by atoms with Gasteiger partial charge in [0.2, 0.25) is 0 Å². The molecule has 0 fully saturated rings. The van der Waals surface area contributed by atoms with Crippen LogP contribution in [-0.4, -0.2) is 9.55 Å². The summed E-state index contributed by atoms with van der Waals surface area (Å²) in [6.45, 7) is 0. The molecule has 0 saturated heterocycles. The molecule has 0 aliphatic heterocycles. The Bertz CT molecular complexity index is 615. The summed E-state index contributed by atoms with van der Waals surface area (Å²) in [4.78, 5) is 3.21. The molecular formula is C12H11ClN2S. The summed E-state index contributed by atoms with van der Waals surface area (Å²) in [7, 11) is 0. The van der Waals surface area contributed by atoms with Crippen LogP contribution in [0.4, 0.5) is 0 Å². The summed E-state index contributed by atoms with van der Waals surface area (Å²) in [5, 5.41) is 0.761. The molecule has 0 amide bonds. The second-order valence-electron chi connectivity index (χ2n) is 4.03. The molecule has 1 aliphatic carbocycles. The SMILES string of the molecule is S=c1[nH]c2cccc(Cl)c2n1C1CC=CC1. The Morgan fingerprint density at radius 3 is 2.81 bits per heavy atom. The van der Waals surface area contributed by atoms with Gasteiger partial charge in [-0.05, 0) is 37.2 Å². The van der Waals surface area contributed by atoms with Crippen LogP contribution in [0.25, 0.3) is 11.0 Å². The van der Waals surface area contributed by atoms with E-state index in [1.807, 2.05) is 18.2 Å². The van der Waals surface area contributed by atoms with Crippen molar-refractivity contribution in [3.05, 3.63) is 40.1 Å². The lowest BCUT2D eigenvalue weighted by molar-refractivity contribution is 0.544. The van der Waals surface area contributed by atoms with Crippen molar-refractivity contribution in [2.45, 2.75) is 18.9 Å². The third-order valence-electron chi connectivity index (χ3n) is 3.04. The Labute approximate surface area is 104 Å². The molecule has 1 N–H and O–H groups in total. The van der Waals surface area contributed by atoms with Gasteiger partial charge in [0.05, 0.1) is 16.1 Å². The van der Waals surface area contributed by atoms with Gasteiger partial charge in [0.1, 0.15) is 0 Å². The molecule has 0 bridgehead atoms. The maximum atomic E-state index is 6.25. The summed E-state index contributed by atoms with van der Waals surface area (Å²) < 4.78 is 2.91. The van der Waals surface area contributed by atoms with Crippen molar-refractivity contribution in [3.63, 3.8) is 0 Å². The summed E-state index contributed by atoms with van der Waals surface area (Å²) in [5.41, 5.74) is 2.05. The Balaban J connectivity index is 2.30. The van der Waals surface area contributed by atoms with E-state index in [0.717, 1.165) is 33.7 Å². The predicted molar refractivity (Wildman–Crippen MR) is 69.5 cm³/mol. The number of H-pyrrole nitrogens is 1. The molecule has 0 spiro atoms. The van der Waals surface area contributed by atoms with E-state index in [1.54, 1.807) is 0 Å². The van der Waals surface area contributed by atoms with Crippen molar-refractivity contribution in [1.29, 1.82) is 0 Å². The fourth-order valence-electron chi connectivity index (χ4n) is 2.30. The van der Waals surface area contributed by atoms with Crippen molar-refractivity contribution < 1.29 is 0 Å². The van der Waals surface area contributed by atoms with Gasteiger partial charge in [-0.3, -0.25) is 0 Å². The number of rotatable bonds is 1. The van der Waals surface area contributed by atoms with E-state index in [2.05, 4.69) is 21.7 Å². The van der Waals surface area contributed by atoms with Crippen molar-refractivity contribution in [2.24, 2.45) is 0 Å². The van der Waals surface area contributed by atoms with Gasteiger partial charge in [0.25, 0.3) is 0 Å². The van der Waals surface area contributed by atoms with Crippen molar-refractivity contribution in [1.82, 2.24) is 9.55 Å². The topological polar surface area (TPSA) is 20.7 Å². The molecule has 82 valence electrons. The van der Waals surface area contributed by atoms with Gasteiger partial charge in [-0.2, -0.15) is 0 Å². The number of imidazole rings is 1. The third kappa shape index (κ3) is 1.43. The van der Waals surface area contributed by atoms with Crippen LogP contribution in [0.3, 0.4) is 0 Å². The molecule has 1 aromatic heterocycles. The number of hydrogen-bond donors (Lipinski definition) is 1. The van der Waals surface area contributed by atoms with Crippen LogP contribution >= 0.6 is 23.8 Å². The molecule has 0 unspecified atom stereocenters. The molecular weight excluding hydrogens is 240 g/mol. The number of nitrogens with zero attached hydrogens (tertiary/aromatic N) is 1. The first-order valence-electron chi connectivity index (χ1n) is 5.31. The number of allylic oxidation sites excluding steroid dienone is 2. The van der Waals surface area contributed by atoms with Crippen LogP contribution in [0.1, 0.15) is 18.9 Å². The first-order valence-corrected chi connectivity index (χ1v) is 6.10. The molecule has 2 nitrogen and oxygen atoms in total. The van der Waals surface area contributed by atoms with Gasteiger partial charge in [-0.1, -0.05) is 29.8 Å². The lowest BCUT2D eigenvalue weighted by atomic mass is 10.2. The van der Waals surface area contributed by atoms with E-state index in [0.29, 0.717) is 6.04 Å². The molecule has 0 saturated carbocycles. The van der Waals surface area contributed by atoms with Crippen molar-refractivity contribution in [2.75, 3.05) is 0 Å². The number of hydrogen-bond acceptors (Lipinski definition) is 1. The summed E-state index contributed by atoms with van der Waals surface area (Å²) in [6.07, 6.45) is 6.46. The van der Waals surface area contributed by atoms with Gasteiger partial charge in [0.15, 0.2) is 4.77 Å².